The monoisotopic (exact) mass is 374 g/mol. The maximum Gasteiger partial charge on any atom is 0.179 e. The summed E-state index contributed by atoms with van der Waals surface area (Å²) in [6.07, 6.45) is 2.30. The molecular weight excluding hydrogens is 348 g/mol. The fourth-order valence-corrected chi connectivity index (χ4v) is 3.76. The minimum absolute atomic E-state index is 0.520. The molecule has 1 heterocycles. The summed E-state index contributed by atoms with van der Waals surface area (Å²) in [5.74, 6) is 1.27. The van der Waals surface area contributed by atoms with Crippen molar-refractivity contribution in [3.8, 4) is 11.5 Å². The molecule has 2 aromatic rings. The number of ether oxygens (including phenoxy) is 2. The second-order valence-electron chi connectivity index (χ2n) is 6.69. The van der Waals surface area contributed by atoms with E-state index in [1.165, 1.54) is 5.56 Å². The van der Waals surface area contributed by atoms with Gasteiger partial charge in [-0.3, -0.25) is 4.90 Å². The minimum atomic E-state index is 0.520. The van der Waals surface area contributed by atoms with Gasteiger partial charge in [0, 0.05) is 19.1 Å². The molecule has 0 aliphatic carbocycles. The van der Waals surface area contributed by atoms with Gasteiger partial charge in [0.1, 0.15) is 0 Å². The number of hydrogen-bond acceptors (Lipinski definition) is 4. The van der Waals surface area contributed by atoms with E-state index in [1.54, 1.807) is 14.2 Å². The lowest BCUT2D eigenvalue weighted by Gasteiger charge is -2.32. The van der Waals surface area contributed by atoms with E-state index < -0.39 is 0 Å². The number of hydrogen-bond donors (Lipinski definition) is 1. The molecule has 1 N–H and O–H groups in total. The van der Waals surface area contributed by atoms with E-state index in [4.69, 9.17) is 21.1 Å². The molecule has 5 heteroatoms. The lowest BCUT2D eigenvalue weighted by Crippen LogP contribution is -2.41. The van der Waals surface area contributed by atoms with Crippen LogP contribution in [0.4, 0.5) is 0 Å². The molecule has 0 radical (unpaired) electrons. The van der Waals surface area contributed by atoms with Gasteiger partial charge in [-0.2, -0.15) is 0 Å². The Balaban J connectivity index is 1.50. The number of halogens is 1. The van der Waals surface area contributed by atoms with Gasteiger partial charge < -0.3 is 14.8 Å². The number of rotatable bonds is 7. The van der Waals surface area contributed by atoms with E-state index in [9.17, 15) is 0 Å². The molecule has 2 aromatic carbocycles. The molecule has 0 aromatic heterocycles. The minimum Gasteiger partial charge on any atom is -0.493 e. The van der Waals surface area contributed by atoms with E-state index in [2.05, 4.69) is 40.5 Å². The van der Waals surface area contributed by atoms with Gasteiger partial charge in [0.2, 0.25) is 0 Å². The van der Waals surface area contributed by atoms with Crippen LogP contribution in [0.5, 0.6) is 11.5 Å². The second kappa shape index (κ2) is 9.26. The summed E-state index contributed by atoms with van der Waals surface area (Å²) >= 11 is 6.47. The predicted molar refractivity (Wildman–Crippen MR) is 106 cm³/mol. The van der Waals surface area contributed by atoms with Crippen LogP contribution in [0.3, 0.4) is 0 Å². The van der Waals surface area contributed by atoms with Crippen LogP contribution in [0.2, 0.25) is 5.02 Å². The molecule has 3 rings (SSSR count). The van der Waals surface area contributed by atoms with Crippen molar-refractivity contribution in [2.75, 3.05) is 27.3 Å². The van der Waals surface area contributed by atoms with Gasteiger partial charge in [-0.1, -0.05) is 48.0 Å². The Morgan fingerprint density at radius 3 is 2.42 bits per heavy atom. The molecule has 0 unspecified atom stereocenters. The standard InChI is InChI=1S/C21H27ClN2O2/c1-25-19-9-8-17(20(22)21(19)26-2)14-23-18-10-12-24(13-11-18)15-16-6-4-3-5-7-16/h3-9,18,23H,10-15H2,1-2H3. The average molecular weight is 375 g/mol. The van der Waals surface area contributed by atoms with Crippen molar-refractivity contribution in [2.45, 2.75) is 32.0 Å². The van der Waals surface area contributed by atoms with Crippen LogP contribution in [-0.4, -0.2) is 38.3 Å². The fourth-order valence-electron chi connectivity index (χ4n) is 3.46. The Morgan fingerprint density at radius 2 is 1.77 bits per heavy atom. The maximum atomic E-state index is 6.47. The van der Waals surface area contributed by atoms with Crippen LogP contribution >= 0.6 is 11.6 Å². The summed E-state index contributed by atoms with van der Waals surface area (Å²) in [7, 11) is 3.23. The van der Waals surface area contributed by atoms with Crippen LogP contribution in [0.15, 0.2) is 42.5 Å². The summed E-state index contributed by atoms with van der Waals surface area (Å²) in [5, 5.41) is 4.27. The van der Waals surface area contributed by atoms with Gasteiger partial charge in [0.15, 0.2) is 11.5 Å². The summed E-state index contributed by atoms with van der Waals surface area (Å²) in [6.45, 7) is 4.01. The van der Waals surface area contributed by atoms with Crippen molar-refractivity contribution in [1.29, 1.82) is 0 Å². The van der Waals surface area contributed by atoms with Crippen molar-refractivity contribution in [3.05, 3.63) is 58.6 Å². The van der Waals surface area contributed by atoms with E-state index in [1.807, 2.05) is 12.1 Å². The van der Waals surface area contributed by atoms with Crippen molar-refractivity contribution in [1.82, 2.24) is 10.2 Å². The summed E-state index contributed by atoms with van der Waals surface area (Å²) in [6, 6.07) is 15.1. The van der Waals surface area contributed by atoms with Gasteiger partial charge >= 0.3 is 0 Å². The zero-order valence-electron chi connectivity index (χ0n) is 15.5. The molecule has 1 saturated heterocycles. The number of likely N-dealkylation sites (tertiary alicyclic amines) is 1. The Bertz CT molecular complexity index is 701. The summed E-state index contributed by atoms with van der Waals surface area (Å²) < 4.78 is 10.7. The molecule has 0 amide bonds. The van der Waals surface area contributed by atoms with Crippen LogP contribution < -0.4 is 14.8 Å². The highest BCUT2D eigenvalue weighted by Crippen LogP contribution is 2.37. The lowest BCUT2D eigenvalue weighted by molar-refractivity contribution is 0.190. The van der Waals surface area contributed by atoms with E-state index in [0.29, 0.717) is 22.6 Å². The normalized spacial score (nSPS) is 15.8. The largest absolute Gasteiger partial charge is 0.493 e. The van der Waals surface area contributed by atoms with Crippen LogP contribution in [-0.2, 0) is 13.1 Å². The SMILES string of the molecule is COc1ccc(CNC2CCN(Cc3ccccc3)CC2)c(Cl)c1OC. The first kappa shape index (κ1) is 19.0. The number of nitrogens with zero attached hydrogens (tertiary/aromatic N) is 1. The second-order valence-corrected chi connectivity index (χ2v) is 7.07. The molecule has 1 aliphatic heterocycles. The van der Waals surface area contributed by atoms with Crippen molar-refractivity contribution < 1.29 is 9.47 Å². The van der Waals surface area contributed by atoms with E-state index >= 15 is 0 Å². The molecule has 26 heavy (non-hydrogen) atoms. The molecule has 0 bridgehead atoms. The maximum absolute atomic E-state index is 6.47. The lowest BCUT2D eigenvalue weighted by atomic mass is 10.0. The summed E-state index contributed by atoms with van der Waals surface area (Å²) in [5.41, 5.74) is 2.42. The highest BCUT2D eigenvalue weighted by molar-refractivity contribution is 6.33. The fraction of sp³-hybridized carbons (Fsp3) is 0.429. The van der Waals surface area contributed by atoms with Gasteiger partial charge in [-0.25, -0.2) is 0 Å². The van der Waals surface area contributed by atoms with Gasteiger partial charge in [-0.05, 0) is 43.1 Å². The molecule has 1 aliphatic rings. The van der Waals surface area contributed by atoms with Crippen LogP contribution in [0, 0.1) is 0 Å². The van der Waals surface area contributed by atoms with Crippen molar-refractivity contribution in [3.63, 3.8) is 0 Å². The third-order valence-electron chi connectivity index (χ3n) is 4.98. The zero-order valence-corrected chi connectivity index (χ0v) is 16.3. The van der Waals surface area contributed by atoms with Crippen molar-refractivity contribution >= 4 is 11.6 Å². The zero-order chi connectivity index (χ0) is 18.4. The van der Waals surface area contributed by atoms with Crippen LogP contribution in [0.1, 0.15) is 24.0 Å². The Morgan fingerprint density at radius 1 is 1.04 bits per heavy atom. The molecule has 0 saturated carbocycles. The topological polar surface area (TPSA) is 33.7 Å². The predicted octanol–water partition coefficient (Wildman–Crippen LogP) is 4.11. The first-order valence-electron chi connectivity index (χ1n) is 9.10. The Labute approximate surface area is 161 Å². The first-order valence-corrected chi connectivity index (χ1v) is 9.48. The Kier molecular flexibility index (Phi) is 6.78. The van der Waals surface area contributed by atoms with Gasteiger partial charge in [0.25, 0.3) is 0 Å². The third kappa shape index (κ3) is 4.70. The van der Waals surface area contributed by atoms with E-state index in [-0.39, 0.29) is 0 Å². The number of benzene rings is 2. The molecule has 0 spiro atoms. The summed E-state index contributed by atoms with van der Waals surface area (Å²) in [4.78, 5) is 2.52. The number of nitrogens with one attached hydrogen (secondary N) is 1. The van der Waals surface area contributed by atoms with Gasteiger partial charge in [-0.15, -0.1) is 0 Å². The molecule has 4 nitrogen and oxygen atoms in total. The van der Waals surface area contributed by atoms with E-state index in [0.717, 1.165) is 44.6 Å². The Hall–Kier alpha value is -1.75. The number of methoxy groups -OCH3 is 2. The third-order valence-corrected chi connectivity index (χ3v) is 5.40. The average Bonchev–Trinajstić information content (AvgIpc) is 2.68. The molecule has 0 atom stereocenters. The molecule has 140 valence electrons. The highest BCUT2D eigenvalue weighted by atomic mass is 35.5. The van der Waals surface area contributed by atoms with Crippen molar-refractivity contribution in [2.24, 2.45) is 0 Å². The number of piperidine rings is 1. The van der Waals surface area contributed by atoms with Crippen LogP contribution in [0.25, 0.3) is 0 Å². The molecule has 1 fully saturated rings. The van der Waals surface area contributed by atoms with Gasteiger partial charge in [0.05, 0.1) is 19.2 Å². The highest BCUT2D eigenvalue weighted by Gasteiger charge is 2.20. The first-order chi connectivity index (χ1) is 12.7. The molecular formula is C21H27ClN2O2. The quantitative estimate of drug-likeness (QED) is 0.790. The smallest absolute Gasteiger partial charge is 0.179 e.